The first kappa shape index (κ1) is 12.1. The molecule has 1 aromatic carbocycles. The number of carbonyl (C=O) groups is 1. The Balaban J connectivity index is 1.77. The minimum absolute atomic E-state index is 0.370. The number of benzene rings is 1. The van der Waals surface area contributed by atoms with E-state index < -0.39 is 5.97 Å². The van der Waals surface area contributed by atoms with Gasteiger partial charge in [0.1, 0.15) is 12.8 Å². The van der Waals surface area contributed by atoms with E-state index >= 15 is 0 Å². The fourth-order valence-corrected chi connectivity index (χ4v) is 2.12. The van der Waals surface area contributed by atoms with E-state index in [4.69, 9.17) is 9.84 Å². The third-order valence-electron chi connectivity index (χ3n) is 3.02. The second kappa shape index (κ2) is 5.80. The van der Waals surface area contributed by atoms with Gasteiger partial charge in [-0.15, -0.1) is 0 Å². The van der Waals surface area contributed by atoms with E-state index in [1.54, 1.807) is 0 Å². The van der Waals surface area contributed by atoms with Gasteiger partial charge in [0, 0.05) is 6.54 Å². The lowest BCUT2D eigenvalue weighted by Gasteiger charge is -2.20. The molecule has 4 nitrogen and oxygen atoms in total. The van der Waals surface area contributed by atoms with Crippen molar-refractivity contribution in [2.24, 2.45) is 0 Å². The summed E-state index contributed by atoms with van der Waals surface area (Å²) >= 11 is 0. The number of carboxylic acids is 1. The molecular formula is C13H17NO3. The van der Waals surface area contributed by atoms with Crippen molar-refractivity contribution in [2.75, 3.05) is 13.3 Å². The molecule has 1 unspecified atom stereocenters. The summed E-state index contributed by atoms with van der Waals surface area (Å²) in [6.45, 7) is 1.74. The van der Waals surface area contributed by atoms with Crippen molar-refractivity contribution in [1.82, 2.24) is 4.90 Å². The van der Waals surface area contributed by atoms with E-state index in [2.05, 4.69) is 0 Å². The van der Waals surface area contributed by atoms with Crippen molar-refractivity contribution in [2.45, 2.75) is 25.5 Å². The molecule has 0 amide bonds. The lowest BCUT2D eigenvalue weighted by Crippen LogP contribution is -2.37. The van der Waals surface area contributed by atoms with Gasteiger partial charge in [-0.1, -0.05) is 30.3 Å². The van der Waals surface area contributed by atoms with Crippen molar-refractivity contribution >= 4 is 5.97 Å². The van der Waals surface area contributed by atoms with E-state index in [-0.39, 0.29) is 6.04 Å². The van der Waals surface area contributed by atoms with Gasteiger partial charge >= 0.3 is 5.97 Å². The van der Waals surface area contributed by atoms with Gasteiger partial charge in [-0.05, 0) is 18.4 Å². The molecule has 0 radical (unpaired) electrons. The maximum Gasteiger partial charge on any atom is 0.320 e. The molecule has 1 aliphatic heterocycles. The van der Waals surface area contributed by atoms with Crippen molar-refractivity contribution in [1.29, 1.82) is 0 Å². The number of nitrogens with zero attached hydrogens (tertiary/aromatic N) is 1. The Bertz CT molecular complexity index is 366. The SMILES string of the molecule is O=C(O)C1CCCN1COCc1ccccc1. The fourth-order valence-electron chi connectivity index (χ4n) is 2.12. The highest BCUT2D eigenvalue weighted by atomic mass is 16.5. The molecule has 1 heterocycles. The van der Waals surface area contributed by atoms with Crippen LogP contribution in [0.4, 0.5) is 0 Å². The number of rotatable bonds is 5. The molecule has 0 aromatic heterocycles. The van der Waals surface area contributed by atoms with Gasteiger partial charge in [-0.3, -0.25) is 9.69 Å². The number of ether oxygens (including phenoxy) is 1. The molecule has 1 saturated heterocycles. The zero-order valence-corrected chi connectivity index (χ0v) is 9.71. The lowest BCUT2D eigenvalue weighted by atomic mass is 10.2. The highest BCUT2D eigenvalue weighted by Crippen LogP contribution is 2.17. The van der Waals surface area contributed by atoms with Gasteiger partial charge in [-0.25, -0.2) is 0 Å². The van der Waals surface area contributed by atoms with Gasteiger partial charge in [0.05, 0.1) is 6.61 Å². The average Bonchev–Trinajstić information content (AvgIpc) is 2.79. The van der Waals surface area contributed by atoms with Crippen LogP contribution < -0.4 is 0 Å². The molecule has 0 bridgehead atoms. The van der Waals surface area contributed by atoms with Crippen molar-refractivity contribution in [3.63, 3.8) is 0 Å². The van der Waals surface area contributed by atoms with Crippen molar-refractivity contribution < 1.29 is 14.6 Å². The Kier molecular flexibility index (Phi) is 4.12. The van der Waals surface area contributed by atoms with Crippen LogP contribution in [0.3, 0.4) is 0 Å². The van der Waals surface area contributed by atoms with E-state index in [0.29, 0.717) is 13.3 Å². The first-order chi connectivity index (χ1) is 8.27. The summed E-state index contributed by atoms with van der Waals surface area (Å²) in [7, 11) is 0. The predicted molar refractivity (Wildman–Crippen MR) is 63.5 cm³/mol. The third kappa shape index (κ3) is 3.28. The Morgan fingerprint density at radius 2 is 2.18 bits per heavy atom. The maximum absolute atomic E-state index is 10.9. The Hall–Kier alpha value is -1.39. The molecule has 17 heavy (non-hydrogen) atoms. The Labute approximate surface area is 101 Å². The lowest BCUT2D eigenvalue weighted by molar-refractivity contribution is -0.144. The van der Waals surface area contributed by atoms with Gasteiger partial charge < -0.3 is 9.84 Å². The number of hydrogen-bond donors (Lipinski definition) is 1. The van der Waals surface area contributed by atoms with Crippen LogP contribution in [0.25, 0.3) is 0 Å². The molecule has 4 heteroatoms. The molecule has 0 aliphatic carbocycles. The van der Waals surface area contributed by atoms with Crippen LogP contribution in [-0.4, -0.2) is 35.3 Å². The van der Waals surface area contributed by atoms with Crippen LogP contribution in [0.15, 0.2) is 30.3 Å². The van der Waals surface area contributed by atoms with Crippen molar-refractivity contribution in [3.05, 3.63) is 35.9 Å². The first-order valence-corrected chi connectivity index (χ1v) is 5.86. The molecular weight excluding hydrogens is 218 g/mol. The molecule has 2 rings (SSSR count). The summed E-state index contributed by atoms with van der Waals surface area (Å²) in [5.41, 5.74) is 1.11. The normalized spacial score (nSPS) is 20.6. The summed E-state index contributed by atoms with van der Waals surface area (Å²) in [4.78, 5) is 12.8. The number of hydrogen-bond acceptors (Lipinski definition) is 3. The topological polar surface area (TPSA) is 49.8 Å². The molecule has 1 fully saturated rings. The number of likely N-dealkylation sites (tertiary alicyclic amines) is 1. The maximum atomic E-state index is 10.9. The molecule has 1 atom stereocenters. The predicted octanol–water partition coefficient (Wildman–Crippen LogP) is 1.71. The minimum Gasteiger partial charge on any atom is -0.480 e. The highest BCUT2D eigenvalue weighted by molar-refractivity contribution is 5.73. The summed E-state index contributed by atoms with van der Waals surface area (Å²) in [6.07, 6.45) is 1.66. The van der Waals surface area contributed by atoms with Gasteiger partial charge in [0.25, 0.3) is 0 Å². The Morgan fingerprint density at radius 3 is 2.88 bits per heavy atom. The van der Waals surface area contributed by atoms with E-state index in [1.807, 2.05) is 35.2 Å². The zero-order chi connectivity index (χ0) is 12.1. The van der Waals surface area contributed by atoms with E-state index in [1.165, 1.54) is 0 Å². The summed E-state index contributed by atoms with van der Waals surface area (Å²) < 4.78 is 5.55. The van der Waals surface area contributed by atoms with Crippen LogP contribution in [0.1, 0.15) is 18.4 Å². The van der Waals surface area contributed by atoms with Crippen LogP contribution in [0.5, 0.6) is 0 Å². The summed E-state index contributed by atoms with van der Waals surface area (Å²) in [5, 5.41) is 9.00. The van der Waals surface area contributed by atoms with E-state index in [9.17, 15) is 4.79 Å². The first-order valence-electron chi connectivity index (χ1n) is 5.86. The van der Waals surface area contributed by atoms with Crippen LogP contribution >= 0.6 is 0 Å². The monoisotopic (exact) mass is 235 g/mol. The van der Waals surface area contributed by atoms with Gasteiger partial charge in [0.15, 0.2) is 0 Å². The standard InChI is InChI=1S/C13H17NO3/c15-13(16)12-7-4-8-14(12)10-17-9-11-5-2-1-3-6-11/h1-3,5-6,12H,4,7-10H2,(H,15,16). The summed E-state index contributed by atoms with van der Waals surface area (Å²) in [5.74, 6) is -0.745. The molecule has 92 valence electrons. The van der Waals surface area contributed by atoms with Crippen LogP contribution in [0.2, 0.25) is 0 Å². The fraction of sp³-hybridized carbons (Fsp3) is 0.462. The molecule has 0 saturated carbocycles. The molecule has 1 N–H and O–H groups in total. The van der Waals surface area contributed by atoms with Gasteiger partial charge in [0.2, 0.25) is 0 Å². The van der Waals surface area contributed by atoms with Crippen LogP contribution in [-0.2, 0) is 16.1 Å². The molecule has 1 aliphatic rings. The number of carboxylic acid groups (broad SMARTS) is 1. The van der Waals surface area contributed by atoms with Gasteiger partial charge in [-0.2, -0.15) is 0 Å². The second-order valence-electron chi connectivity index (χ2n) is 4.27. The van der Waals surface area contributed by atoms with Crippen molar-refractivity contribution in [3.8, 4) is 0 Å². The smallest absolute Gasteiger partial charge is 0.320 e. The molecule has 1 aromatic rings. The quantitative estimate of drug-likeness (QED) is 0.844. The molecule has 0 spiro atoms. The third-order valence-corrected chi connectivity index (χ3v) is 3.02. The average molecular weight is 235 g/mol. The second-order valence-corrected chi connectivity index (χ2v) is 4.27. The Morgan fingerprint density at radius 1 is 1.41 bits per heavy atom. The van der Waals surface area contributed by atoms with E-state index in [0.717, 1.165) is 24.9 Å². The summed E-state index contributed by atoms with van der Waals surface area (Å²) in [6, 6.07) is 9.52. The highest BCUT2D eigenvalue weighted by Gasteiger charge is 2.30. The zero-order valence-electron chi connectivity index (χ0n) is 9.71. The minimum atomic E-state index is -0.745. The van der Waals surface area contributed by atoms with Crippen LogP contribution in [0, 0.1) is 0 Å². The number of aliphatic carboxylic acids is 1. The largest absolute Gasteiger partial charge is 0.480 e.